The number of ether oxygens (including phenoxy) is 6. The summed E-state index contributed by atoms with van der Waals surface area (Å²) < 4.78 is 45.1. The number of aliphatic hydroxyl groups excluding tert-OH is 2. The lowest BCUT2D eigenvalue weighted by Gasteiger charge is -2.33. The van der Waals surface area contributed by atoms with E-state index in [-0.39, 0.29) is 17.0 Å². The molecule has 0 amide bonds. The molecule has 1 aliphatic heterocycles. The first-order valence-electron chi connectivity index (χ1n) is 14.6. The first-order valence-corrected chi connectivity index (χ1v) is 16.6. The number of aromatic nitrogens is 4. The summed E-state index contributed by atoms with van der Waals surface area (Å²) in [4.78, 5) is 57.6. The number of rotatable bonds is 13. The molecule has 2 aromatic rings. The number of imidazole rings is 1. The standard InChI is InChI=1S/C26H39ClN5O13P/c1-13(2)43-24(35)40-10-26(46(37,38)39,11-41-25(36)44-14(3)4)42-9-16-18(33)19(34)22(45-16)32-12-28-17-20(29-15-7-5-6-8-15)30-23(27)31-21(17)32/h12-16,18-19,22,33-34H,5-11H2,1-4H3,(H,29,30,31)(H2,37,38,39)/t16-,18-,19-,22-/m1/s1. The molecule has 18 nitrogen and oxygen atoms in total. The molecule has 0 unspecified atom stereocenters. The van der Waals surface area contributed by atoms with Crippen molar-refractivity contribution in [1.29, 1.82) is 0 Å². The van der Waals surface area contributed by atoms with E-state index in [1.807, 2.05) is 0 Å². The molecule has 2 aliphatic rings. The molecule has 20 heteroatoms. The number of nitrogens with one attached hydrogen (secondary N) is 1. The van der Waals surface area contributed by atoms with Crippen molar-refractivity contribution >= 4 is 48.5 Å². The minimum absolute atomic E-state index is 0.0962. The van der Waals surface area contributed by atoms with Crippen LogP contribution in [0, 0.1) is 0 Å². The molecule has 3 heterocycles. The fourth-order valence-corrected chi connectivity index (χ4v) is 5.82. The van der Waals surface area contributed by atoms with Crippen molar-refractivity contribution in [2.75, 3.05) is 25.1 Å². The van der Waals surface area contributed by atoms with E-state index in [4.69, 9.17) is 40.0 Å². The van der Waals surface area contributed by atoms with Crippen LogP contribution in [0.15, 0.2) is 6.33 Å². The van der Waals surface area contributed by atoms with E-state index in [0.717, 1.165) is 25.7 Å². The molecular weight excluding hydrogens is 657 g/mol. The van der Waals surface area contributed by atoms with Crippen LogP contribution in [0.25, 0.3) is 11.2 Å². The number of fused-ring (bicyclic) bond motifs is 1. The highest BCUT2D eigenvalue weighted by molar-refractivity contribution is 7.53. The number of nitrogens with zero attached hydrogens (tertiary/aromatic N) is 4. The first-order chi connectivity index (χ1) is 21.6. The minimum Gasteiger partial charge on any atom is -0.432 e. The molecule has 1 aliphatic carbocycles. The van der Waals surface area contributed by atoms with Crippen molar-refractivity contribution < 1.29 is 62.6 Å². The van der Waals surface area contributed by atoms with E-state index in [1.54, 1.807) is 0 Å². The van der Waals surface area contributed by atoms with E-state index in [0.29, 0.717) is 11.3 Å². The molecule has 0 radical (unpaired) electrons. The molecule has 2 aromatic heterocycles. The Morgan fingerprint density at radius 2 is 1.65 bits per heavy atom. The monoisotopic (exact) mass is 695 g/mol. The maximum Gasteiger partial charge on any atom is 0.508 e. The van der Waals surface area contributed by atoms with Gasteiger partial charge in [-0.25, -0.2) is 14.6 Å². The largest absolute Gasteiger partial charge is 0.508 e. The molecule has 0 bridgehead atoms. The molecule has 0 aromatic carbocycles. The van der Waals surface area contributed by atoms with Gasteiger partial charge in [-0.15, -0.1) is 0 Å². The number of carbonyl (C=O) groups excluding carboxylic acids is 2. The van der Waals surface area contributed by atoms with Gasteiger partial charge in [-0.3, -0.25) is 9.13 Å². The van der Waals surface area contributed by atoms with E-state index in [2.05, 4.69) is 20.3 Å². The molecule has 0 spiro atoms. The van der Waals surface area contributed by atoms with E-state index in [9.17, 15) is 34.2 Å². The number of hydrogen-bond acceptors (Lipinski definition) is 15. The summed E-state index contributed by atoms with van der Waals surface area (Å²) in [6.45, 7) is 3.05. The van der Waals surface area contributed by atoms with Gasteiger partial charge in [0.05, 0.1) is 25.1 Å². The van der Waals surface area contributed by atoms with Crippen LogP contribution in [-0.2, 0) is 33.0 Å². The second-order valence-electron chi connectivity index (χ2n) is 11.5. The Hall–Kier alpha value is -2.83. The molecule has 258 valence electrons. The number of halogens is 1. The van der Waals surface area contributed by atoms with Crippen LogP contribution < -0.4 is 5.32 Å². The van der Waals surface area contributed by atoms with Crippen molar-refractivity contribution in [3.8, 4) is 0 Å². The van der Waals surface area contributed by atoms with Crippen LogP contribution in [0.5, 0.6) is 0 Å². The molecule has 4 rings (SSSR count). The van der Waals surface area contributed by atoms with Crippen LogP contribution in [-0.4, -0.2) is 114 Å². The zero-order chi connectivity index (χ0) is 33.8. The average Bonchev–Trinajstić information content (AvgIpc) is 3.68. The van der Waals surface area contributed by atoms with Gasteiger partial charge in [0, 0.05) is 6.04 Å². The first kappa shape index (κ1) is 36.0. The lowest BCUT2D eigenvalue weighted by Crippen LogP contribution is -2.47. The fourth-order valence-electron chi connectivity index (χ4n) is 4.95. The smallest absolute Gasteiger partial charge is 0.432 e. The van der Waals surface area contributed by atoms with E-state index >= 15 is 0 Å². The molecule has 1 saturated carbocycles. The van der Waals surface area contributed by atoms with Gasteiger partial charge in [-0.05, 0) is 52.1 Å². The van der Waals surface area contributed by atoms with Gasteiger partial charge in [0.2, 0.25) is 10.6 Å². The predicted molar refractivity (Wildman–Crippen MR) is 158 cm³/mol. The molecular formula is C26H39ClN5O13P. The SMILES string of the molecule is CC(C)OC(=O)OCC(COC(=O)OC(C)C)(OC[C@H]1O[C@@H](n2cnc3c(NC4CCCC4)nc(Cl)nc32)[C@H](O)[C@@H]1O)P(=O)(O)O. The summed E-state index contributed by atoms with van der Waals surface area (Å²) in [7, 11) is -5.44. The van der Waals surface area contributed by atoms with Gasteiger partial charge in [-0.1, -0.05) is 12.8 Å². The summed E-state index contributed by atoms with van der Waals surface area (Å²) in [6.07, 6.45) is -4.36. The Morgan fingerprint density at radius 1 is 1.07 bits per heavy atom. The Bertz CT molecular complexity index is 1390. The zero-order valence-electron chi connectivity index (χ0n) is 25.6. The topological polar surface area (TPSA) is 243 Å². The average molecular weight is 696 g/mol. The highest BCUT2D eigenvalue weighted by Gasteiger charge is 2.54. The highest BCUT2D eigenvalue weighted by atomic mass is 35.5. The number of anilines is 1. The lowest BCUT2D eigenvalue weighted by atomic mass is 10.1. The fraction of sp³-hybridized carbons (Fsp3) is 0.731. The predicted octanol–water partition coefficient (Wildman–Crippen LogP) is 2.47. The second-order valence-corrected chi connectivity index (χ2v) is 13.8. The van der Waals surface area contributed by atoms with Gasteiger partial charge < -0.3 is 53.7 Å². The summed E-state index contributed by atoms with van der Waals surface area (Å²) in [5, 5.41) is 22.2. The van der Waals surface area contributed by atoms with Crippen molar-refractivity contribution in [3.63, 3.8) is 0 Å². The van der Waals surface area contributed by atoms with Gasteiger partial charge >= 0.3 is 19.9 Å². The molecule has 4 atom stereocenters. The van der Waals surface area contributed by atoms with Crippen molar-refractivity contribution in [3.05, 3.63) is 11.6 Å². The summed E-state index contributed by atoms with van der Waals surface area (Å²) in [5.74, 6) is 0.395. The zero-order valence-corrected chi connectivity index (χ0v) is 27.3. The van der Waals surface area contributed by atoms with Crippen LogP contribution in [0.4, 0.5) is 15.4 Å². The summed E-state index contributed by atoms with van der Waals surface area (Å²) in [6, 6.07) is 0.178. The maximum atomic E-state index is 12.8. The summed E-state index contributed by atoms with van der Waals surface area (Å²) in [5.41, 5.74) is 0.537. The third-order valence-corrected chi connectivity index (χ3v) is 8.86. The maximum absolute atomic E-state index is 12.8. The lowest BCUT2D eigenvalue weighted by molar-refractivity contribution is -0.129. The van der Waals surface area contributed by atoms with E-state index in [1.165, 1.54) is 38.6 Å². The third-order valence-electron chi connectivity index (χ3n) is 7.24. The Labute approximate surface area is 268 Å². The second kappa shape index (κ2) is 14.9. The van der Waals surface area contributed by atoms with Crippen LogP contribution in [0.3, 0.4) is 0 Å². The minimum atomic E-state index is -5.44. The highest BCUT2D eigenvalue weighted by Crippen LogP contribution is 2.52. The molecule has 1 saturated heterocycles. The van der Waals surface area contributed by atoms with Gasteiger partial charge in [0.1, 0.15) is 31.5 Å². The van der Waals surface area contributed by atoms with Crippen LogP contribution in [0.1, 0.15) is 59.6 Å². The Kier molecular flexibility index (Phi) is 11.7. The Morgan fingerprint density at radius 3 is 2.20 bits per heavy atom. The third kappa shape index (κ3) is 8.55. The number of hydrogen-bond donors (Lipinski definition) is 5. The van der Waals surface area contributed by atoms with Gasteiger partial charge in [-0.2, -0.15) is 9.97 Å². The number of aliphatic hydroxyl groups is 2. The molecule has 5 N–H and O–H groups in total. The summed E-state index contributed by atoms with van der Waals surface area (Å²) >= 11 is 6.20. The van der Waals surface area contributed by atoms with Gasteiger partial charge in [0.15, 0.2) is 23.2 Å². The van der Waals surface area contributed by atoms with Crippen molar-refractivity contribution in [2.45, 2.75) is 102 Å². The van der Waals surface area contributed by atoms with Gasteiger partial charge in [0.25, 0.3) is 0 Å². The van der Waals surface area contributed by atoms with Crippen LogP contribution in [0.2, 0.25) is 5.28 Å². The van der Waals surface area contributed by atoms with Crippen molar-refractivity contribution in [1.82, 2.24) is 19.5 Å². The van der Waals surface area contributed by atoms with E-state index < -0.39 is 81.8 Å². The Balaban J connectivity index is 1.55. The normalized spacial score (nSPS) is 22.5. The molecule has 46 heavy (non-hydrogen) atoms. The van der Waals surface area contributed by atoms with Crippen molar-refractivity contribution in [2.24, 2.45) is 0 Å². The molecule has 2 fully saturated rings. The number of carbonyl (C=O) groups is 2. The van der Waals surface area contributed by atoms with Crippen LogP contribution >= 0.6 is 19.2 Å². The quantitative estimate of drug-likeness (QED) is 0.115.